The highest BCUT2D eigenvalue weighted by molar-refractivity contribution is 6.31. The Labute approximate surface area is 149 Å². The molecule has 0 saturated carbocycles. The number of aryl methyl sites for hydroxylation is 1. The highest BCUT2D eigenvalue weighted by atomic mass is 35.5. The number of pyridine rings is 1. The van der Waals surface area contributed by atoms with Crippen LogP contribution in [0.2, 0.25) is 5.02 Å². The van der Waals surface area contributed by atoms with Crippen molar-refractivity contribution in [1.29, 1.82) is 0 Å². The van der Waals surface area contributed by atoms with Crippen LogP contribution in [0, 0.1) is 6.92 Å². The van der Waals surface area contributed by atoms with Crippen molar-refractivity contribution in [1.82, 2.24) is 14.3 Å². The Morgan fingerprint density at radius 2 is 1.96 bits per heavy atom. The summed E-state index contributed by atoms with van der Waals surface area (Å²) in [6.45, 7) is 2.23. The molecule has 0 aliphatic rings. The Morgan fingerprint density at radius 1 is 1.20 bits per heavy atom. The number of halogens is 1. The largest absolute Gasteiger partial charge is 0.309 e. The molecule has 2 aromatic heterocycles. The van der Waals surface area contributed by atoms with E-state index in [9.17, 15) is 9.59 Å². The molecule has 0 aliphatic heterocycles. The fraction of sp³-hybridized carbons (Fsp3) is 0.167. The molecule has 25 heavy (non-hydrogen) atoms. The lowest BCUT2D eigenvalue weighted by Gasteiger charge is -2.11. The molecule has 0 atom stereocenters. The standard InChI is InChI=1S/C18H17ClN4O2/c1-13-10-16(20-17(24)12-22-9-5-4-8-18(22)25)23(21-13)11-14-6-2-3-7-15(14)19/h2-10H,11-12H2,1H3,(H,20,24). The molecular weight excluding hydrogens is 340 g/mol. The molecule has 0 radical (unpaired) electrons. The van der Waals surface area contributed by atoms with Crippen LogP contribution in [0.4, 0.5) is 5.82 Å². The van der Waals surface area contributed by atoms with Crippen LogP contribution in [-0.2, 0) is 17.9 Å². The maximum atomic E-state index is 12.3. The van der Waals surface area contributed by atoms with Crippen molar-refractivity contribution in [3.05, 3.63) is 81.4 Å². The van der Waals surface area contributed by atoms with Crippen molar-refractivity contribution in [2.24, 2.45) is 0 Å². The second kappa shape index (κ2) is 7.36. The van der Waals surface area contributed by atoms with Gasteiger partial charge in [-0.2, -0.15) is 5.10 Å². The average molecular weight is 357 g/mol. The Kier molecular flexibility index (Phi) is 5.00. The summed E-state index contributed by atoms with van der Waals surface area (Å²) >= 11 is 6.20. The molecule has 7 heteroatoms. The average Bonchev–Trinajstić information content (AvgIpc) is 2.91. The second-order valence-corrected chi connectivity index (χ2v) is 6.04. The van der Waals surface area contributed by atoms with E-state index >= 15 is 0 Å². The Balaban J connectivity index is 1.77. The van der Waals surface area contributed by atoms with Crippen LogP contribution in [-0.4, -0.2) is 20.3 Å². The number of hydrogen-bond acceptors (Lipinski definition) is 3. The molecule has 0 saturated heterocycles. The van der Waals surface area contributed by atoms with Crippen LogP contribution < -0.4 is 10.9 Å². The Bertz CT molecular complexity index is 961. The van der Waals surface area contributed by atoms with E-state index < -0.39 is 0 Å². The summed E-state index contributed by atoms with van der Waals surface area (Å²) in [7, 11) is 0. The fourth-order valence-electron chi connectivity index (χ4n) is 2.48. The molecule has 1 N–H and O–H groups in total. The molecule has 0 fully saturated rings. The van der Waals surface area contributed by atoms with Crippen LogP contribution in [0.1, 0.15) is 11.3 Å². The van der Waals surface area contributed by atoms with Crippen LogP contribution in [0.25, 0.3) is 0 Å². The normalized spacial score (nSPS) is 10.6. The van der Waals surface area contributed by atoms with E-state index in [4.69, 9.17) is 11.6 Å². The number of amides is 1. The van der Waals surface area contributed by atoms with E-state index in [2.05, 4.69) is 10.4 Å². The summed E-state index contributed by atoms with van der Waals surface area (Å²) in [6, 6.07) is 14.0. The molecule has 0 bridgehead atoms. The molecule has 0 unspecified atom stereocenters. The Hall–Kier alpha value is -2.86. The third-order valence-corrected chi connectivity index (χ3v) is 4.03. The molecule has 6 nitrogen and oxygen atoms in total. The molecule has 3 aromatic rings. The van der Waals surface area contributed by atoms with Crippen molar-refractivity contribution in [2.75, 3.05) is 5.32 Å². The molecule has 0 spiro atoms. The third kappa shape index (κ3) is 4.16. The number of carbonyl (C=O) groups excluding carboxylic acids is 1. The van der Waals surface area contributed by atoms with E-state index in [1.165, 1.54) is 10.6 Å². The number of nitrogens with zero attached hydrogens (tertiary/aromatic N) is 3. The summed E-state index contributed by atoms with van der Waals surface area (Å²) in [5, 5.41) is 7.85. The van der Waals surface area contributed by atoms with Gasteiger partial charge in [-0.05, 0) is 24.6 Å². The first-order chi connectivity index (χ1) is 12.0. The van der Waals surface area contributed by atoms with Crippen LogP contribution in [0.5, 0.6) is 0 Å². The predicted molar refractivity (Wildman–Crippen MR) is 96.8 cm³/mol. The van der Waals surface area contributed by atoms with Crippen molar-refractivity contribution in [3.63, 3.8) is 0 Å². The summed E-state index contributed by atoms with van der Waals surface area (Å²) in [6.07, 6.45) is 1.58. The zero-order chi connectivity index (χ0) is 17.8. The molecule has 1 aromatic carbocycles. The number of carbonyl (C=O) groups is 1. The zero-order valence-electron chi connectivity index (χ0n) is 13.6. The summed E-state index contributed by atoms with van der Waals surface area (Å²) in [4.78, 5) is 24.0. The van der Waals surface area contributed by atoms with Gasteiger partial charge in [0.1, 0.15) is 12.4 Å². The molecule has 2 heterocycles. The fourth-order valence-corrected chi connectivity index (χ4v) is 2.68. The van der Waals surface area contributed by atoms with Gasteiger partial charge in [-0.15, -0.1) is 0 Å². The van der Waals surface area contributed by atoms with Crippen molar-refractivity contribution in [2.45, 2.75) is 20.0 Å². The zero-order valence-corrected chi connectivity index (χ0v) is 14.4. The van der Waals surface area contributed by atoms with E-state index in [0.29, 0.717) is 17.4 Å². The van der Waals surface area contributed by atoms with Crippen LogP contribution in [0.15, 0.2) is 59.5 Å². The highest BCUT2D eigenvalue weighted by Gasteiger charge is 2.12. The van der Waals surface area contributed by atoms with Gasteiger partial charge in [0.05, 0.1) is 12.2 Å². The van der Waals surface area contributed by atoms with Gasteiger partial charge in [-0.3, -0.25) is 9.59 Å². The minimum absolute atomic E-state index is 0.0595. The number of nitrogens with one attached hydrogen (secondary N) is 1. The lowest BCUT2D eigenvalue weighted by atomic mass is 10.2. The Morgan fingerprint density at radius 3 is 2.72 bits per heavy atom. The lowest BCUT2D eigenvalue weighted by Crippen LogP contribution is -2.27. The van der Waals surface area contributed by atoms with Gasteiger partial charge in [-0.25, -0.2) is 4.68 Å². The van der Waals surface area contributed by atoms with Gasteiger partial charge in [0, 0.05) is 23.4 Å². The number of benzene rings is 1. The number of rotatable bonds is 5. The van der Waals surface area contributed by atoms with E-state index in [-0.39, 0.29) is 18.0 Å². The van der Waals surface area contributed by atoms with Crippen LogP contribution in [0.3, 0.4) is 0 Å². The summed E-state index contributed by atoms with van der Waals surface area (Å²) in [5.74, 6) is 0.264. The smallest absolute Gasteiger partial charge is 0.250 e. The number of hydrogen-bond donors (Lipinski definition) is 1. The predicted octanol–water partition coefficient (Wildman–Crippen LogP) is 2.69. The molecule has 1 amide bonds. The quantitative estimate of drug-likeness (QED) is 0.764. The van der Waals surface area contributed by atoms with Gasteiger partial charge in [0.15, 0.2) is 0 Å². The van der Waals surface area contributed by atoms with Gasteiger partial charge in [0.25, 0.3) is 5.56 Å². The van der Waals surface area contributed by atoms with Crippen molar-refractivity contribution >= 4 is 23.3 Å². The SMILES string of the molecule is Cc1cc(NC(=O)Cn2ccccc2=O)n(Cc2ccccc2Cl)n1. The third-order valence-electron chi connectivity index (χ3n) is 3.66. The second-order valence-electron chi connectivity index (χ2n) is 5.63. The van der Waals surface area contributed by atoms with E-state index in [0.717, 1.165) is 11.3 Å². The van der Waals surface area contributed by atoms with Gasteiger partial charge >= 0.3 is 0 Å². The number of anilines is 1. The van der Waals surface area contributed by atoms with E-state index in [1.807, 2.05) is 31.2 Å². The first-order valence-corrected chi connectivity index (χ1v) is 8.14. The minimum atomic E-state index is -0.298. The molecule has 0 aliphatic carbocycles. The number of aromatic nitrogens is 3. The van der Waals surface area contributed by atoms with Gasteiger partial charge in [-0.1, -0.05) is 35.9 Å². The highest BCUT2D eigenvalue weighted by Crippen LogP contribution is 2.19. The van der Waals surface area contributed by atoms with Crippen LogP contribution >= 0.6 is 11.6 Å². The molecule has 128 valence electrons. The lowest BCUT2D eigenvalue weighted by molar-refractivity contribution is -0.116. The first-order valence-electron chi connectivity index (χ1n) is 7.76. The monoisotopic (exact) mass is 356 g/mol. The first kappa shape index (κ1) is 17.0. The topological polar surface area (TPSA) is 68.9 Å². The van der Waals surface area contributed by atoms with Gasteiger partial charge in [0.2, 0.25) is 5.91 Å². The van der Waals surface area contributed by atoms with Gasteiger partial charge < -0.3 is 9.88 Å². The minimum Gasteiger partial charge on any atom is -0.309 e. The molecular formula is C18H17ClN4O2. The maximum Gasteiger partial charge on any atom is 0.250 e. The van der Waals surface area contributed by atoms with E-state index in [1.54, 1.807) is 29.1 Å². The molecule has 3 rings (SSSR count). The maximum absolute atomic E-state index is 12.3. The summed E-state index contributed by atoms with van der Waals surface area (Å²) < 4.78 is 3.03. The summed E-state index contributed by atoms with van der Waals surface area (Å²) in [5.41, 5.74) is 1.46. The van der Waals surface area contributed by atoms with Crippen molar-refractivity contribution < 1.29 is 4.79 Å². The van der Waals surface area contributed by atoms with Crippen molar-refractivity contribution in [3.8, 4) is 0 Å².